The summed E-state index contributed by atoms with van der Waals surface area (Å²) in [5.41, 5.74) is 2.93. The fourth-order valence-corrected chi connectivity index (χ4v) is 5.01. The van der Waals surface area contributed by atoms with Crippen LogP contribution in [0.2, 0.25) is 0 Å². The Kier molecular flexibility index (Phi) is 5.91. The van der Waals surface area contributed by atoms with Crippen LogP contribution in [-0.2, 0) is 4.79 Å². The van der Waals surface area contributed by atoms with Crippen LogP contribution >= 0.6 is 0 Å². The minimum Gasteiger partial charge on any atom is -0.303 e. The Morgan fingerprint density at radius 2 is 1.43 bits per heavy atom. The molecule has 2 saturated carbocycles. The number of aryl methyl sites for hydroxylation is 1. The summed E-state index contributed by atoms with van der Waals surface area (Å²) in [4.78, 5) is 10.5. The maximum atomic E-state index is 10.5. The van der Waals surface area contributed by atoms with Crippen LogP contribution in [0.15, 0.2) is 24.3 Å². The van der Waals surface area contributed by atoms with E-state index in [1.807, 2.05) is 0 Å². The number of hydrogen-bond donors (Lipinski definition) is 0. The van der Waals surface area contributed by atoms with Gasteiger partial charge in [-0.1, -0.05) is 42.7 Å². The fraction of sp³-hybridized carbons (Fsp3) is 0.682. The average molecular weight is 312 g/mol. The lowest BCUT2D eigenvalue weighted by Gasteiger charge is -2.38. The van der Waals surface area contributed by atoms with Gasteiger partial charge in [0.1, 0.15) is 6.29 Å². The number of benzene rings is 1. The highest BCUT2D eigenvalue weighted by atomic mass is 16.1. The number of carbonyl (C=O) groups is 1. The van der Waals surface area contributed by atoms with Crippen LogP contribution < -0.4 is 0 Å². The first kappa shape index (κ1) is 16.7. The summed E-state index contributed by atoms with van der Waals surface area (Å²) in [6.07, 6.45) is 14.2. The molecule has 0 heterocycles. The van der Waals surface area contributed by atoms with Gasteiger partial charge in [0.05, 0.1) is 0 Å². The number of aldehydes is 1. The normalized spacial score (nSPS) is 31.7. The van der Waals surface area contributed by atoms with Gasteiger partial charge in [-0.15, -0.1) is 0 Å². The number of rotatable bonds is 5. The fourth-order valence-electron chi connectivity index (χ4n) is 5.01. The third-order valence-corrected chi connectivity index (χ3v) is 6.57. The monoisotopic (exact) mass is 312 g/mol. The zero-order chi connectivity index (χ0) is 16.1. The van der Waals surface area contributed by atoms with Gasteiger partial charge in [0.25, 0.3) is 0 Å². The predicted molar refractivity (Wildman–Crippen MR) is 96.6 cm³/mol. The van der Waals surface area contributed by atoms with Gasteiger partial charge in [0.2, 0.25) is 0 Å². The molecular weight excluding hydrogens is 280 g/mol. The summed E-state index contributed by atoms with van der Waals surface area (Å²) in [5.74, 6) is 3.58. The van der Waals surface area contributed by atoms with Crippen LogP contribution in [0.25, 0.3) is 0 Å². The lowest BCUT2D eigenvalue weighted by molar-refractivity contribution is -0.108. The van der Waals surface area contributed by atoms with E-state index in [2.05, 4.69) is 31.2 Å². The summed E-state index contributed by atoms with van der Waals surface area (Å²) in [7, 11) is 0. The lowest BCUT2D eigenvalue weighted by Crippen LogP contribution is -2.25. The lowest BCUT2D eigenvalue weighted by atomic mass is 9.68. The van der Waals surface area contributed by atoms with Crippen LogP contribution in [0.1, 0.15) is 81.3 Å². The largest absolute Gasteiger partial charge is 0.303 e. The van der Waals surface area contributed by atoms with E-state index in [1.54, 1.807) is 5.56 Å². The van der Waals surface area contributed by atoms with E-state index >= 15 is 0 Å². The average Bonchev–Trinajstić information content (AvgIpc) is 2.61. The Labute approximate surface area is 141 Å². The molecule has 0 aromatic heterocycles. The van der Waals surface area contributed by atoms with Crippen LogP contribution in [0.4, 0.5) is 0 Å². The van der Waals surface area contributed by atoms with Crippen LogP contribution in [0, 0.1) is 24.7 Å². The highest BCUT2D eigenvalue weighted by Crippen LogP contribution is 2.44. The van der Waals surface area contributed by atoms with Crippen molar-refractivity contribution in [2.75, 3.05) is 0 Å². The van der Waals surface area contributed by atoms with E-state index in [-0.39, 0.29) is 0 Å². The second-order valence-corrected chi connectivity index (χ2v) is 8.05. The molecule has 2 aliphatic rings. The predicted octanol–water partition coefficient (Wildman–Crippen LogP) is 6.05. The molecule has 0 amide bonds. The maximum Gasteiger partial charge on any atom is 0.120 e. The zero-order valence-corrected chi connectivity index (χ0v) is 14.7. The number of hydrogen-bond acceptors (Lipinski definition) is 1. The zero-order valence-electron chi connectivity index (χ0n) is 14.7. The van der Waals surface area contributed by atoms with E-state index in [9.17, 15) is 4.79 Å². The van der Waals surface area contributed by atoms with Gasteiger partial charge in [-0.2, -0.15) is 0 Å². The Hall–Kier alpha value is -1.11. The summed E-state index contributed by atoms with van der Waals surface area (Å²) in [6.45, 7) is 2.17. The minimum absolute atomic E-state index is 0.775. The van der Waals surface area contributed by atoms with E-state index in [0.717, 1.165) is 42.8 Å². The molecule has 1 aromatic carbocycles. The van der Waals surface area contributed by atoms with E-state index < -0.39 is 0 Å². The Bertz CT molecular complexity index is 473. The molecule has 1 nitrogen and oxygen atoms in total. The van der Waals surface area contributed by atoms with Crippen molar-refractivity contribution in [1.82, 2.24) is 0 Å². The Balaban J connectivity index is 1.44. The summed E-state index contributed by atoms with van der Waals surface area (Å²) in [5, 5.41) is 0. The van der Waals surface area contributed by atoms with Crippen molar-refractivity contribution >= 4 is 6.29 Å². The van der Waals surface area contributed by atoms with Gasteiger partial charge in [0, 0.05) is 6.42 Å². The smallest absolute Gasteiger partial charge is 0.120 e. The van der Waals surface area contributed by atoms with Crippen LogP contribution in [0.3, 0.4) is 0 Å². The molecule has 0 unspecified atom stereocenters. The van der Waals surface area contributed by atoms with Gasteiger partial charge in [0.15, 0.2) is 0 Å². The molecule has 0 atom stereocenters. The van der Waals surface area contributed by atoms with E-state index in [0.29, 0.717) is 0 Å². The van der Waals surface area contributed by atoms with Crippen molar-refractivity contribution in [1.29, 1.82) is 0 Å². The van der Waals surface area contributed by atoms with Crippen molar-refractivity contribution in [3.05, 3.63) is 35.4 Å². The van der Waals surface area contributed by atoms with E-state index in [4.69, 9.17) is 0 Å². The summed E-state index contributed by atoms with van der Waals surface area (Å²) < 4.78 is 0. The van der Waals surface area contributed by atoms with Crippen molar-refractivity contribution in [3.63, 3.8) is 0 Å². The Morgan fingerprint density at radius 1 is 0.870 bits per heavy atom. The number of carbonyl (C=O) groups excluding carboxylic acids is 1. The molecule has 2 fully saturated rings. The first-order valence-electron chi connectivity index (χ1n) is 9.76. The molecule has 3 rings (SSSR count). The first-order chi connectivity index (χ1) is 11.3. The van der Waals surface area contributed by atoms with Crippen molar-refractivity contribution in [2.45, 2.75) is 77.0 Å². The highest BCUT2D eigenvalue weighted by molar-refractivity contribution is 5.49. The maximum absolute atomic E-state index is 10.5. The molecule has 23 heavy (non-hydrogen) atoms. The second kappa shape index (κ2) is 8.13. The standard InChI is InChI=1S/C22H32O/c1-17-4-8-19(9-5-17)21-12-14-22(15-13-21)20-10-6-18(7-11-20)3-2-16-23/h4-5,8-9,16,18,20-22H,2-3,6-7,10-15H2,1H3. The second-order valence-electron chi connectivity index (χ2n) is 8.05. The van der Waals surface area contributed by atoms with Gasteiger partial charge < -0.3 is 4.79 Å². The Morgan fingerprint density at radius 3 is 2.00 bits per heavy atom. The first-order valence-corrected chi connectivity index (χ1v) is 9.76. The third kappa shape index (κ3) is 4.46. The SMILES string of the molecule is Cc1ccc(C2CCC(C3CCC(CCC=O)CC3)CC2)cc1. The molecule has 1 aromatic rings. The highest BCUT2D eigenvalue weighted by Gasteiger charge is 2.31. The van der Waals surface area contributed by atoms with Crippen molar-refractivity contribution in [3.8, 4) is 0 Å². The molecule has 0 bridgehead atoms. The van der Waals surface area contributed by atoms with Gasteiger partial charge in [-0.05, 0) is 81.1 Å². The van der Waals surface area contributed by atoms with Gasteiger partial charge >= 0.3 is 0 Å². The molecule has 0 spiro atoms. The molecule has 0 saturated heterocycles. The van der Waals surface area contributed by atoms with Crippen molar-refractivity contribution in [2.24, 2.45) is 17.8 Å². The molecule has 1 heteroatoms. The van der Waals surface area contributed by atoms with Crippen LogP contribution in [0.5, 0.6) is 0 Å². The van der Waals surface area contributed by atoms with Gasteiger partial charge in [-0.25, -0.2) is 0 Å². The van der Waals surface area contributed by atoms with E-state index in [1.165, 1.54) is 56.9 Å². The van der Waals surface area contributed by atoms with Crippen LogP contribution in [-0.4, -0.2) is 6.29 Å². The topological polar surface area (TPSA) is 17.1 Å². The van der Waals surface area contributed by atoms with Crippen molar-refractivity contribution < 1.29 is 4.79 Å². The molecule has 0 aliphatic heterocycles. The van der Waals surface area contributed by atoms with Gasteiger partial charge in [-0.3, -0.25) is 0 Å². The molecule has 2 aliphatic carbocycles. The minimum atomic E-state index is 0.775. The summed E-state index contributed by atoms with van der Waals surface area (Å²) >= 11 is 0. The molecular formula is C22H32O. The molecule has 126 valence electrons. The molecule has 0 N–H and O–H groups in total. The summed E-state index contributed by atoms with van der Waals surface area (Å²) in [6, 6.07) is 9.22. The molecule has 0 radical (unpaired) electrons. The quantitative estimate of drug-likeness (QED) is 0.604. The third-order valence-electron chi connectivity index (χ3n) is 6.57.